The maximum absolute atomic E-state index is 13.2. The van der Waals surface area contributed by atoms with Crippen molar-refractivity contribution in [1.29, 1.82) is 0 Å². The van der Waals surface area contributed by atoms with Crippen LogP contribution in [-0.4, -0.2) is 57.9 Å². The van der Waals surface area contributed by atoms with Crippen LogP contribution in [0, 0.1) is 12.8 Å². The van der Waals surface area contributed by atoms with Gasteiger partial charge in [-0.1, -0.05) is 47.1 Å². The van der Waals surface area contributed by atoms with Gasteiger partial charge in [-0.2, -0.15) is 4.98 Å². The second-order valence-corrected chi connectivity index (χ2v) is 9.49. The Morgan fingerprint density at radius 1 is 1.03 bits per heavy atom. The van der Waals surface area contributed by atoms with Crippen molar-refractivity contribution in [3.63, 3.8) is 0 Å². The SMILES string of the molecule is Cc1ccc(-c2noc(CN3CCCC(C(=O)Nc4ccccc4C(=O)N4CCCC4)C3)n2)cc1. The van der Waals surface area contributed by atoms with Crippen LogP contribution in [0.1, 0.15) is 47.5 Å². The van der Waals surface area contributed by atoms with Crippen LogP contribution in [0.25, 0.3) is 11.4 Å². The molecule has 1 N–H and O–H groups in total. The lowest BCUT2D eigenvalue weighted by molar-refractivity contribution is -0.121. The van der Waals surface area contributed by atoms with Crippen molar-refractivity contribution in [2.45, 2.75) is 39.2 Å². The maximum atomic E-state index is 13.2. The van der Waals surface area contributed by atoms with E-state index in [9.17, 15) is 9.59 Å². The molecule has 2 fully saturated rings. The van der Waals surface area contributed by atoms with E-state index in [0.717, 1.165) is 50.9 Å². The number of amides is 2. The Bertz CT molecular complexity index is 1180. The molecule has 0 saturated carbocycles. The monoisotopic (exact) mass is 473 g/mol. The number of hydrogen-bond donors (Lipinski definition) is 1. The lowest BCUT2D eigenvalue weighted by atomic mass is 9.96. The van der Waals surface area contributed by atoms with Crippen molar-refractivity contribution >= 4 is 17.5 Å². The van der Waals surface area contributed by atoms with Gasteiger partial charge in [0.25, 0.3) is 5.91 Å². The first-order valence-electron chi connectivity index (χ1n) is 12.4. The first-order valence-corrected chi connectivity index (χ1v) is 12.4. The van der Waals surface area contributed by atoms with Crippen LogP contribution >= 0.6 is 0 Å². The summed E-state index contributed by atoms with van der Waals surface area (Å²) in [7, 11) is 0. The molecule has 182 valence electrons. The van der Waals surface area contributed by atoms with E-state index in [2.05, 4.69) is 20.4 Å². The average molecular weight is 474 g/mol. The summed E-state index contributed by atoms with van der Waals surface area (Å²) in [6.07, 6.45) is 3.78. The fourth-order valence-electron chi connectivity index (χ4n) is 4.85. The Balaban J connectivity index is 1.21. The van der Waals surface area contributed by atoms with Crippen LogP contribution < -0.4 is 5.32 Å². The van der Waals surface area contributed by atoms with Gasteiger partial charge in [-0.3, -0.25) is 14.5 Å². The molecule has 2 aromatic carbocycles. The van der Waals surface area contributed by atoms with Gasteiger partial charge in [0.1, 0.15) is 0 Å². The molecule has 3 aromatic rings. The normalized spacial score (nSPS) is 18.5. The number of carbonyl (C=O) groups is 2. The number of carbonyl (C=O) groups excluding carboxylic acids is 2. The quantitative estimate of drug-likeness (QED) is 0.579. The predicted molar refractivity (Wildman–Crippen MR) is 133 cm³/mol. The van der Waals surface area contributed by atoms with Crippen LogP contribution in [-0.2, 0) is 11.3 Å². The zero-order chi connectivity index (χ0) is 24.2. The van der Waals surface area contributed by atoms with Gasteiger partial charge in [0.05, 0.1) is 23.7 Å². The zero-order valence-corrected chi connectivity index (χ0v) is 20.1. The van der Waals surface area contributed by atoms with E-state index < -0.39 is 0 Å². The Labute approximate surface area is 205 Å². The predicted octanol–water partition coefficient (Wildman–Crippen LogP) is 4.13. The molecule has 1 aromatic heterocycles. The highest BCUT2D eigenvalue weighted by Gasteiger charge is 2.28. The Hall–Kier alpha value is -3.52. The number of rotatable bonds is 6. The third kappa shape index (κ3) is 5.43. The minimum atomic E-state index is -0.168. The van der Waals surface area contributed by atoms with Crippen molar-refractivity contribution < 1.29 is 14.1 Å². The van der Waals surface area contributed by atoms with Crippen LogP contribution in [0.5, 0.6) is 0 Å². The summed E-state index contributed by atoms with van der Waals surface area (Å²) in [6, 6.07) is 15.3. The molecule has 0 radical (unpaired) electrons. The summed E-state index contributed by atoms with van der Waals surface area (Å²) >= 11 is 0. The maximum Gasteiger partial charge on any atom is 0.255 e. The molecule has 2 aliphatic heterocycles. The molecule has 3 heterocycles. The van der Waals surface area contributed by atoms with E-state index in [-0.39, 0.29) is 17.7 Å². The fraction of sp³-hybridized carbons (Fsp3) is 0.407. The second kappa shape index (κ2) is 10.4. The van der Waals surface area contributed by atoms with E-state index in [4.69, 9.17) is 4.52 Å². The molecule has 1 atom stereocenters. The fourth-order valence-corrected chi connectivity index (χ4v) is 4.85. The summed E-state index contributed by atoms with van der Waals surface area (Å²) in [5.41, 5.74) is 3.25. The van der Waals surface area contributed by atoms with Crippen molar-refractivity contribution in [1.82, 2.24) is 19.9 Å². The Morgan fingerprint density at radius 2 is 1.80 bits per heavy atom. The smallest absolute Gasteiger partial charge is 0.255 e. The van der Waals surface area contributed by atoms with Crippen LogP contribution in [0.15, 0.2) is 53.1 Å². The minimum absolute atomic E-state index is 0.00977. The number of nitrogens with one attached hydrogen (secondary N) is 1. The number of aryl methyl sites for hydroxylation is 1. The van der Waals surface area contributed by atoms with Gasteiger partial charge in [0, 0.05) is 25.2 Å². The Morgan fingerprint density at radius 3 is 2.60 bits per heavy atom. The van der Waals surface area contributed by atoms with Gasteiger partial charge in [-0.15, -0.1) is 0 Å². The number of benzene rings is 2. The molecule has 8 nitrogen and oxygen atoms in total. The van der Waals surface area contributed by atoms with Crippen molar-refractivity contribution in [2.24, 2.45) is 5.92 Å². The van der Waals surface area contributed by atoms with Gasteiger partial charge in [-0.05, 0) is 51.3 Å². The first kappa shape index (κ1) is 23.2. The molecule has 35 heavy (non-hydrogen) atoms. The number of anilines is 1. The number of aromatic nitrogens is 2. The highest BCUT2D eigenvalue weighted by atomic mass is 16.5. The van der Waals surface area contributed by atoms with Gasteiger partial charge < -0.3 is 14.7 Å². The van der Waals surface area contributed by atoms with E-state index in [1.165, 1.54) is 5.56 Å². The molecule has 0 aliphatic carbocycles. The summed E-state index contributed by atoms with van der Waals surface area (Å²) in [4.78, 5) is 34.7. The first-order chi connectivity index (χ1) is 17.1. The highest BCUT2D eigenvalue weighted by molar-refractivity contribution is 6.04. The van der Waals surface area contributed by atoms with E-state index >= 15 is 0 Å². The van der Waals surface area contributed by atoms with Gasteiger partial charge >= 0.3 is 0 Å². The molecule has 1 unspecified atom stereocenters. The molecule has 8 heteroatoms. The summed E-state index contributed by atoms with van der Waals surface area (Å²) < 4.78 is 5.49. The molecule has 0 spiro atoms. The Kier molecular flexibility index (Phi) is 6.90. The zero-order valence-electron chi connectivity index (χ0n) is 20.1. The van der Waals surface area contributed by atoms with E-state index in [1.807, 2.05) is 54.3 Å². The number of hydrogen-bond acceptors (Lipinski definition) is 6. The van der Waals surface area contributed by atoms with Crippen LogP contribution in [0.3, 0.4) is 0 Å². The second-order valence-electron chi connectivity index (χ2n) is 9.49. The van der Waals surface area contributed by atoms with Crippen molar-refractivity contribution in [3.8, 4) is 11.4 Å². The number of likely N-dealkylation sites (tertiary alicyclic amines) is 2. The van der Waals surface area contributed by atoms with Crippen LogP contribution in [0.2, 0.25) is 0 Å². The third-order valence-electron chi connectivity index (χ3n) is 6.82. The standard InChI is InChI=1S/C27H31N5O3/c1-19-10-12-20(13-11-19)25-29-24(35-30-25)18-31-14-6-7-21(17-31)26(33)28-23-9-3-2-8-22(23)27(34)32-15-4-5-16-32/h2-3,8-13,21H,4-7,14-18H2,1H3,(H,28,33). The summed E-state index contributed by atoms with van der Waals surface area (Å²) in [6.45, 7) is 5.58. The highest BCUT2D eigenvalue weighted by Crippen LogP contribution is 2.24. The topological polar surface area (TPSA) is 91.6 Å². The molecule has 5 rings (SSSR count). The molecule has 2 saturated heterocycles. The van der Waals surface area contributed by atoms with Gasteiger partial charge in [0.15, 0.2) is 0 Å². The largest absolute Gasteiger partial charge is 0.339 e. The molecule has 0 bridgehead atoms. The van der Waals surface area contributed by atoms with Gasteiger partial charge in [0.2, 0.25) is 17.6 Å². The van der Waals surface area contributed by atoms with E-state index in [1.54, 1.807) is 6.07 Å². The molecular formula is C27H31N5O3. The average Bonchev–Trinajstić information content (AvgIpc) is 3.57. The number of piperidine rings is 1. The molecule has 2 aliphatic rings. The van der Waals surface area contributed by atoms with Crippen molar-refractivity contribution in [2.75, 3.05) is 31.5 Å². The molecular weight excluding hydrogens is 442 g/mol. The van der Waals surface area contributed by atoms with Crippen LogP contribution in [0.4, 0.5) is 5.69 Å². The number of para-hydroxylation sites is 1. The lowest BCUT2D eigenvalue weighted by Gasteiger charge is -2.31. The van der Waals surface area contributed by atoms with Gasteiger partial charge in [-0.25, -0.2) is 0 Å². The number of nitrogens with zero attached hydrogens (tertiary/aromatic N) is 4. The minimum Gasteiger partial charge on any atom is -0.339 e. The summed E-state index contributed by atoms with van der Waals surface area (Å²) in [5.74, 6) is 0.888. The summed E-state index contributed by atoms with van der Waals surface area (Å²) in [5, 5.41) is 7.16. The molecule has 2 amide bonds. The third-order valence-corrected chi connectivity index (χ3v) is 6.82. The van der Waals surface area contributed by atoms with E-state index in [0.29, 0.717) is 36.1 Å². The lowest BCUT2D eigenvalue weighted by Crippen LogP contribution is -2.40. The van der Waals surface area contributed by atoms with Crippen molar-refractivity contribution in [3.05, 3.63) is 65.5 Å².